The first-order valence-corrected chi connectivity index (χ1v) is 5.68. The van der Waals surface area contributed by atoms with Gasteiger partial charge in [-0.3, -0.25) is 4.79 Å². The first kappa shape index (κ1) is 11.5. The monoisotopic (exact) mass is 322 g/mol. The number of hydrogen-bond acceptors (Lipinski definition) is 3. The van der Waals surface area contributed by atoms with E-state index in [0.717, 1.165) is 0 Å². The van der Waals surface area contributed by atoms with Gasteiger partial charge in [0.1, 0.15) is 0 Å². The van der Waals surface area contributed by atoms with Gasteiger partial charge in [-0.1, -0.05) is 15.9 Å². The molecule has 14 heavy (non-hydrogen) atoms. The molecule has 0 saturated carbocycles. The van der Waals surface area contributed by atoms with Crippen LogP contribution in [0.15, 0.2) is 16.6 Å². The minimum atomic E-state index is -0.187. The van der Waals surface area contributed by atoms with E-state index in [-0.39, 0.29) is 28.2 Å². The number of rotatable bonds is 3. The Bertz CT molecular complexity index is 363. The Labute approximate surface area is 98.3 Å². The topological polar surface area (TPSA) is 46.5 Å². The molecule has 0 aliphatic carbocycles. The summed E-state index contributed by atoms with van der Waals surface area (Å²) in [5, 5.41) is 9.85. The van der Waals surface area contributed by atoms with E-state index >= 15 is 0 Å². The van der Waals surface area contributed by atoms with Crippen LogP contribution in [0.3, 0.4) is 0 Å². The van der Waals surface area contributed by atoms with Gasteiger partial charge in [0, 0.05) is 0 Å². The van der Waals surface area contributed by atoms with Gasteiger partial charge in [-0.2, -0.15) is 0 Å². The predicted molar refractivity (Wildman–Crippen MR) is 60.5 cm³/mol. The van der Waals surface area contributed by atoms with Gasteiger partial charge >= 0.3 is 0 Å². The summed E-state index contributed by atoms with van der Waals surface area (Å²) in [5.74, 6) is -0.0450. The summed E-state index contributed by atoms with van der Waals surface area (Å²) in [5.41, 5.74) is 0.252. The van der Waals surface area contributed by atoms with Crippen molar-refractivity contribution in [3.8, 4) is 11.5 Å². The fraction of sp³-hybridized carbons (Fsp3) is 0.222. The van der Waals surface area contributed by atoms with Gasteiger partial charge in [0.05, 0.1) is 22.5 Å². The quantitative estimate of drug-likeness (QED) is 0.687. The smallest absolute Gasteiger partial charge is 0.177 e. The number of ketones is 1. The molecule has 0 radical (unpaired) electrons. The summed E-state index contributed by atoms with van der Waals surface area (Å²) >= 11 is 6.24. The summed E-state index contributed by atoms with van der Waals surface area (Å²) in [7, 11) is 1.43. The second-order valence-electron chi connectivity index (χ2n) is 2.53. The van der Waals surface area contributed by atoms with Gasteiger partial charge in [-0.15, -0.1) is 0 Å². The lowest BCUT2D eigenvalue weighted by Crippen LogP contribution is -2.01. The highest BCUT2D eigenvalue weighted by Gasteiger charge is 2.16. The van der Waals surface area contributed by atoms with E-state index in [2.05, 4.69) is 31.9 Å². The molecule has 0 fully saturated rings. The van der Waals surface area contributed by atoms with Crippen LogP contribution < -0.4 is 4.74 Å². The number of phenols is 1. The molecule has 0 aliphatic rings. The lowest BCUT2D eigenvalue weighted by atomic mass is 10.1. The third-order valence-corrected chi connectivity index (χ3v) is 2.84. The Balaban J connectivity index is 3.28. The molecular formula is C9H8Br2O3. The number of phenolic OH excluding ortho intramolecular Hbond substituents is 1. The molecule has 1 N–H and O–H groups in total. The van der Waals surface area contributed by atoms with Crippen LogP contribution in [-0.2, 0) is 0 Å². The van der Waals surface area contributed by atoms with Crippen molar-refractivity contribution in [3.63, 3.8) is 0 Å². The van der Waals surface area contributed by atoms with Crippen LogP contribution >= 0.6 is 31.9 Å². The second-order valence-corrected chi connectivity index (χ2v) is 3.95. The molecule has 76 valence electrons. The number of aromatic hydroxyl groups is 1. The number of carbonyl (C=O) groups is 1. The Kier molecular flexibility index (Phi) is 3.95. The van der Waals surface area contributed by atoms with Crippen LogP contribution in [0.25, 0.3) is 0 Å². The fourth-order valence-electron chi connectivity index (χ4n) is 1.04. The molecule has 0 amide bonds. The number of benzene rings is 1. The molecule has 0 unspecified atom stereocenters. The normalized spacial score (nSPS) is 9.93. The molecule has 0 spiro atoms. The maximum Gasteiger partial charge on any atom is 0.177 e. The van der Waals surface area contributed by atoms with Crippen LogP contribution in [-0.4, -0.2) is 23.3 Å². The zero-order valence-corrected chi connectivity index (χ0v) is 10.6. The molecular weight excluding hydrogens is 316 g/mol. The highest BCUT2D eigenvalue weighted by Crippen LogP contribution is 2.37. The number of carbonyl (C=O) groups excluding carboxylic acids is 1. The predicted octanol–water partition coefficient (Wildman–Crippen LogP) is 2.74. The van der Waals surface area contributed by atoms with Crippen molar-refractivity contribution in [1.29, 1.82) is 0 Å². The largest absolute Gasteiger partial charge is 0.504 e. The lowest BCUT2D eigenvalue weighted by Gasteiger charge is -2.08. The summed E-state index contributed by atoms with van der Waals surface area (Å²) in [4.78, 5) is 11.3. The number of halogens is 2. The van der Waals surface area contributed by atoms with Crippen molar-refractivity contribution >= 4 is 37.6 Å². The Morgan fingerprint density at radius 1 is 1.57 bits per heavy atom. The number of alkyl halides is 1. The van der Waals surface area contributed by atoms with Crippen LogP contribution in [0.4, 0.5) is 0 Å². The molecule has 0 saturated heterocycles. The van der Waals surface area contributed by atoms with Crippen LogP contribution in [0.1, 0.15) is 10.4 Å². The second kappa shape index (κ2) is 4.79. The molecule has 0 atom stereocenters. The van der Waals surface area contributed by atoms with E-state index in [9.17, 15) is 9.90 Å². The standard InChI is InChI=1S/C9H8Br2O3/c1-14-9-6(11)3-2-5(8(9)13)7(12)4-10/h2-3,13H,4H2,1H3. The van der Waals surface area contributed by atoms with Gasteiger partial charge in [-0.25, -0.2) is 0 Å². The Morgan fingerprint density at radius 2 is 2.21 bits per heavy atom. The zero-order valence-electron chi connectivity index (χ0n) is 7.38. The maximum absolute atomic E-state index is 11.3. The number of Topliss-reactive ketones (excluding diaryl/α,β-unsaturated/α-hetero) is 1. The van der Waals surface area contributed by atoms with Crippen molar-refractivity contribution in [2.75, 3.05) is 12.4 Å². The van der Waals surface area contributed by atoms with Crippen molar-refractivity contribution in [2.45, 2.75) is 0 Å². The van der Waals surface area contributed by atoms with Crippen molar-refractivity contribution in [2.24, 2.45) is 0 Å². The van der Waals surface area contributed by atoms with Gasteiger partial charge < -0.3 is 9.84 Å². The molecule has 0 aliphatic heterocycles. The number of ether oxygens (including phenoxy) is 1. The zero-order chi connectivity index (χ0) is 10.7. The number of methoxy groups -OCH3 is 1. The molecule has 3 nitrogen and oxygen atoms in total. The van der Waals surface area contributed by atoms with Crippen molar-refractivity contribution in [3.05, 3.63) is 22.2 Å². The van der Waals surface area contributed by atoms with Crippen LogP contribution in [0, 0.1) is 0 Å². The molecule has 0 bridgehead atoms. The van der Waals surface area contributed by atoms with Crippen molar-refractivity contribution in [1.82, 2.24) is 0 Å². The van der Waals surface area contributed by atoms with Gasteiger partial charge in [-0.05, 0) is 28.1 Å². The first-order valence-electron chi connectivity index (χ1n) is 3.76. The summed E-state index contributed by atoms with van der Waals surface area (Å²) in [6.07, 6.45) is 0. The van der Waals surface area contributed by atoms with E-state index in [0.29, 0.717) is 4.47 Å². The molecule has 0 aromatic heterocycles. The van der Waals surface area contributed by atoms with E-state index in [1.807, 2.05) is 0 Å². The molecule has 1 rings (SSSR count). The van der Waals surface area contributed by atoms with Crippen molar-refractivity contribution < 1.29 is 14.6 Å². The van der Waals surface area contributed by atoms with Crippen LogP contribution in [0.5, 0.6) is 11.5 Å². The first-order chi connectivity index (χ1) is 6.61. The van der Waals surface area contributed by atoms with E-state index < -0.39 is 0 Å². The SMILES string of the molecule is COc1c(Br)ccc(C(=O)CBr)c1O. The maximum atomic E-state index is 11.3. The van der Waals surface area contributed by atoms with Gasteiger partial charge in [0.2, 0.25) is 0 Å². The minimum absolute atomic E-state index is 0.133. The molecule has 1 aromatic rings. The van der Waals surface area contributed by atoms with Gasteiger partial charge in [0.15, 0.2) is 17.3 Å². The van der Waals surface area contributed by atoms with E-state index in [1.165, 1.54) is 7.11 Å². The molecule has 0 heterocycles. The Morgan fingerprint density at radius 3 is 2.71 bits per heavy atom. The molecule has 5 heteroatoms. The van der Waals surface area contributed by atoms with E-state index in [1.54, 1.807) is 12.1 Å². The highest BCUT2D eigenvalue weighted by atomic mass is 79.9. The minimum Gasteiger partial charge on any atom is -0.504 e. The third-order valence-electron chi connectivity index (χ3n) is 1.71. The fourth-order valence-corrected chi connectivity index (χ4v) is 1.82. The molecule has 1 aromatic carbocycles. The number of hydrogen-bond donors (Lipinski definition) is 1. The third kappa shape index (κ3) is 2.09. The summed E-state index contributed by atoms with van der Waals surface area (Å²) < 4.78 is 5.56. The average Bonchev–Trinajstić information content (AvgIpc) is 2.18. The average molecular weight is 324 g/mol. The lowest BCUT2D eigenvalue weighted by molar-refractivity contribution is 0.102. The van der Waals surface area contributed by atoms with Gasteiger partial charge in [0.25, 0.3) is 0 Å². The summed E-state index contributed by atoms with van der Waals surface area (Å²) in [6.45, 7) is 0. The highest BCUT2D eigenvalue weighted by molar-refractivity contribution is 9.10. The van der Waals surface area contributed by atoms with E-state index in [4.69, 9.17) is 4.74 Å². The summed E-state index contributed by atoms with van der Waals surface area (Å²) in [6, 6.07) is 3.21. The van der Waals surface area contributed by atoms with Crippen LogP contribution in [0.2, 0.25) is 0 Å². The Hall–Kier alpha value is -0.550.